The molecule has 5 amide bonds. The standard InChI is InChI=1S/C57H99N5O19.H3OP/c1-2-43(54(58)71)20-17-18-31-59-49(65)28-24-44(55(72)73)30-32-60-50(66)29-25-45(56(74)75)40-47(64)41-80-38-37-79-35-33-61-52(68)42-81-39-36-78-34-19-21-46(63)26-27-48(57(76)77)62-51(67)22-15-13-11-9-7-5-3-4-6-8-10-12-14-16-23-53(69)70;1-2/h43-45,48H,2-42H2,1H3,(H2,58,71)(H,59,65)(H,60,66)(H,61,68)(H,62,67)(H,69,70)(H,72,73)(H,74,75)(H,76,77);1H,2H2/t43-,44+,45+,48-;/m0./s1. The maximum absolute atomic E-state index is 12.4. The molecule has 0 radical (unpaired) electrons. The smallest absolute Gasteiger partial charge is 0.326 e. The lowest BCUT2D eigenvalue weighted by atomic mass is 9.97. The molecule has 0 aromatic rings. The number of ether oxygens (including phenoxy) is 4. The lowest BCUT2D eigenvalue weighted by molar-refractivity contribution is -0.145. The van der Waals surface area contributed by atoms with Gasteiger partial charge in [0.2, 0.25) is 29.5 Å². The number of nitrogens with two attached hydrogens (primary N) is 1. The second-order valence-corrected chi connectivity index (χ2v) is 20.5. The Morgan fingerprint density at radius 3 is 1.42 bits per heavy atom. The Balaban J connectivity index is 0. The summed E-state index contributed by atoms with van der Waals surface area (Å²) in [5, 5.41) is 47.9. The van der Waals surface area contributed by atoms with Crippen LogP contribution in [0.3, 0.4) is 0 Å². The Kier molecular flexibility index (Phi) is 53.8. The average molecular weight is 1210 g/mol. The fourth-order valence-electron chi connectivity index (χ4n) is 8.62. The summed E-state index contributed by atoms with van der Waals surface area (Å²) in [7, 11) is 1.42. The topological polar surface area (TPSA) is 400 Å². The summed E-state index contributed by atoms with van der Waals surface area (Å²) >= 11 is 0. The monoisotopic (exact) mass is 1210 g/mol. The number of carboxylic acids is 4. The van der Waals surface area contributed by atoms with Crippen LogP contribution in [0.5, 0.6) is 0 Å². The van der Waals surface area contributed by atoms with Gasteiger partial charge >= 0.3 is 23.9 Å². The number of Topliss-reactive ketones (excluding diaryl/α,β-unsaturated/α-hetero) is 2. The molecule has 1 unspecified atom stereocenters. The normalized spacial score (nSPS) is 12.4. The molecule has 0 spiro atoms. The highest BCUT2D eigenvalue weighted by Crippen LogP contribution is 2.17. The first-order valence-electron chi connectivity index (χ1n) is 29.7. The molecule has 0 saturated carbocycles. The summed E-state index contributed by atoms with van der Waals surface area (Å²) in [5.41, 5.74) is 5.34. The first-order chi connectivity index (χ1) is 39.9. The van der Waals surface area contributed by atoms with Gasteiger partial charge in [0.05, 0.1) is 44.9 Å². The van der Waals surface area contributed by atoms with Crippen LogP contribution < -0.4 is 27.0 Å². The van der Waals surface area contributed by atoms with E-state index in [1.54, 1.807) is 0 Å². The van der Waals surface area contributed by atoms with Crippen LogP contribution in [-0.2, 0) is 71.7 Å². The van der Waals surface area contributed by atoms with E-state index in [0.29, 0.717) is 45.1 Å². The van der Waals surface area contributed by atoms with E-state index in [2.05, 4.69) is 21.3 Å². The number of carbonyl (C=O) groups excluding carboxylic acids is 7. The van der Waals surface area contributed by atoms with Gasteiger partial charge in [0.15, 0.2) is 5.78 Å². The first-order valence-corrected chi connectivity index (χ1v) is 30.3. The molecular formula is C57H102N5O20P. The average Bonchev–Trinajstić information content (AvgIpc) is 3.44. The summed E-state index contributed by atoms with van der Waals surface area (Å²) in [6, 6.07) is -1.14. The quantitative estimate of drug-likeness (QED) is 0.0277. The number of primary amides is 1. The molecule has 0 aliphatic rings. The van der Waals surface area contributed by atoms with Crippen LogP contribution in [0.15, 0.2) is 0 Å². The molecule has 0 bridgehead atoms. The highest BCUT2D eigenvalue weighted by Gasteiger charge is 2.24. The van der Waals surface area contributed by atoms with Gasteiger partial charge in [-0.25, -0.2) is 4.79 Å². The van der Waals surface area contributed by atoms with Crippen LogP contribution in [-0.4, -0.2) is 169 Å². The maximum atomic E-state index is 12.4. The Bertz CT molecular complexity index is 1830. The summed E-state index contributed by atoms with van der Waals surface area (Å²) in [6.45, 7) is 2.68. The highest BCUT2D eigenvalue weighted by atomic mass is 31.0. The summed E-state index contributed by atoms with van der Waals surface area (Å²) in [6.07, 6.45) is 18.0. The Hall–Kier alpha value is -5.20. The fraction of sp³-hybridized carbons (Fsp3) is 0.807. The van der Waals surface area contributed by atoms with E-state index in [0.717, 1.165) is 51.4 Å². The van der Waals surface area contributed by atoms with Crippen molar-refractivity contribution in [1.29, 1.82) is 0 Å². The third kappa shape index (κ3) is 52.1. The number of nitrogens with one attached hydrogen (secondary N) is 4. The zero-order valence-electron chi connectivity index (χ0n) is 49.3. The molecule has 11 N–H and O–H groups in total. The van der Waals surface area contributed by atoms with Crippen molar-refractivity contribution in [2.75, 3.05) is 72.5 Å². The van der Waals surface area contributed by atoms with Crippen molar-refractivity contribution in [3.63, 3.8) is 0 Å². The molecule has 0 heterocycles. The van der Waals surface area contributed by atoms with Crippen molar-refractivity contribution in [1.82, 2.24) is 21.3 Å². The fourth-order valence-corrected chi connectivity index (χ4v) is 8.62. The van der Waals surface area contributed by atoms with Gasteiger partial charge in [-0.2, -0.15) is 0 Å². The van der Waals surface area contributed by atoms with E-state index in [1.165, 1.54) is 41.6 Å². The number of amides is 5. The predicted octanol–water partition coefficient (Wildman–Crippen LogP) is 5.19. The minimum Gasteiger partial charge on any atom is -0.481 e. The van der Waals surface area contributed by atoms with Gasteiger partial charge in [0.1, 0.15) is 25.0 Å². The second kappa shape index (κ2) is 56.0. The molecule has 0 fully saturated rings. The molecule has 26 heteroatoms. The van der Waals surface area contributed by atoms with Gasteiger partial charge in [-0.15, -0.1) is 0 Å². The SMILES string of the molecule is CC[C@@H](CCCCNC(=O)CC[C@H](CCNC(=O)CC[C@H](CC(=O)COCCOCCNC(=O)COCCOCCCC(=O)CC[C@H](NC(=O)CCCCCCCCCCCCCCCCC(=O)O)C(=O)O)C(=O)O)C(=O)O)C(N)=O.OP. The zero-order valence-corrected chi connectivity index (χ0v) is 50.5. The lowest BCUT2D eigenvalue weighted by Crippen LogP contribution is -2.41. The molecule has 0 aliphatic heterocycles. The largest absolute Gasteiger partial charge is 0.481 e. The van der Waals surface area contributed by atoms with Crippen molar-refractivity contribution in [3.05, 3.63) is 0 Å². The molecule has 0 aliphatic carbocycles. The van der Waals surface area contributed by atoms with Gasteiger partial charge in [0, 0.05) is 77.1 Å². The first kappa shape index (κ1) is 79.9. The van der Waals surface area contributed by atoms with Gasteiger partial charge < -0.3 is 71.3 Å². The minimum atomic E-state index is -1.26. The van der Waals surface area contributed by atoms with Crippen LogP contribution in [0.1, 0.15) is 200 Å². The maximum Gasteiger partial charge on any atom is 0.326 e. The van der Waals surface area contributed by atoms with E-state index in [1.807, 2.05) is 6.92 Å². The van der Waals surface area contributed by atoms with Crippen LogP contribution in [0, 0.1) is 17.8 Å². The Morgan fingerprint density at radius 1 is 0.398 bits per heavy atom. The predicted molar refractivity (Wildman–Crippen MR) is 311 cm³/mol. The number of carbonyl (C=O) groups is 11. The summed E-state index contributed by atoms with van der Waals surface area (Å²) < 4.78 is 21.4. The molecule has 0 saturated heterocycles. The van der Waals surface area contributed by atoms with Crippen molar-refractivity contribution < 1.29 is 97.0 Å². The van der Waals surface area contributed by atoms with E-state index in [4.69, 9.17) is 34.7 Å². The van der Waals surface area contributed by atoms with Crippen molar-refractivity contribution >= 4 is 74.4 Å². The van der Waals surface area contributed by atoms with Crippen molar-refractivity contribution in [3.8, 4) is 0 Å². The molecule has 25 nitrogen and oxygen atoms in total. The van der Waals surface area contributed by atoms with Gasteiger partial charge in [-0.3, -0.25) is 47.9 Å². The molecular weight excluding hydrogens is 1110 g/mol. The van der Waals surface area contributed by atoms with Crippen LogP contribution >= 0.6 is 9.47 Å². The van der Waals surface area contributed by atoms with E-state index in [9.17, 15) is 68.1 Å². The number of carboxylic acid groups (broad SMARTS) is 4. The third-order valence-corrected chi connectivity index (χ3v) is 13.6. The van der Waals surface area contributed by atoms with Gasteiger partial charge in [0.25, 0.3) is 0 Å². The number of hydrogen-bond acceptors (Lipinski definition) is 16. The highest BCUT2D eigenvalue weighted by molar-refractivity contribution is 7.08. The Morgan fingerprint density at radius 2 is 0.892 bits per heavy atom. The molecule has 0 aromatic heterocycles. The zero-order chi connectivity index (χ0) is 62.3. The van der Waals surface area contributed by atoms with E-state index in [-0.39, 0.29) is 172 Å². The van der Waals surface area contributed by atoms with Crippen LogP contribution in [0.4, 0.5) is 0 Å². The molecule has 83 heavy (non-hydrogen) atoms. The lowest BCUT2D eigenvalue weighted by Gasteiger charge is -2.14. The van der Waals surface area contributed by atoms with Gasteiger partial charge in [-0.05, 0) is 73.7 Å². The minimum absolute atomic E-state index is 0.00207. The second-order valence-electron chi connectivity index (χ2n) is 20.5. The molecule has 5 atom stereocenters. The number of hydrogen-bond donors (Lipinski definition) is 10. The number of unbranched alkanes of at least 4 members (excludes halogenated alkanes) is 14. The Labute approximate surface area is 492 Å². The number of ketones is 2. The van der Waals surface area contributed by atoms with Crippen LogP contribution in [0.25, 0.3) is 0 Å². The molecule has 0 rings (SSSR count). The number of rotatable bonds is 59. The summed E-state index contributed by atoms with van der Waals surface area (Å²) in [5.74, 6) is -9.02. The number of aliphatic carboxylic acids is 4. The van der Waals surface area contributed by atoms with Crippen molar-refractivity contribution in [2.24, 2.45) is 23.5 Å². The van der Waals surface area contributed by atoms with Crippen molar-refractivity contribution in [2.45, 2.75) is 206 Å². The molecule has 0 aromatic carbocycles. The van der Waals surface area contributed by atoms with E-state index < -0.39 is 53.4 Å². The van der Waals surface area contributed by atoms with Crippen LogP contribution in [0.2, 0.25) is 0 Å². The third-order valence-electron chi connectivity index (χ3n) is 13.6. The van der Waals surface area contributed by atoms with E-state index >= 15 is 0 Å². The van der Waals surface area contributed by atoms with Gasteiger partial charge in [-0.1, -0.05) is 90.4 Å². The molecule has 480 valence electrons. The summed E-state index contributed by atoms with van der Waals surface area (Å²) in [4.78, 5) is 138.